The maximum atomic E-state index is 2.88. The van der Waals surface area contributed by atoms with Gasteiger partial charge in [-0.1, -0.05) is 197 Å². The summed E-state index contributed by atoms with van der Waals surface area (Å²) in [5.74, 6) is 0. The molecule has 0 amide bonds. The molecule has 0 fully saturated rings. The highest BCUT2D eigenvalue weighted by Crippen LogP contribution is 2.65. The van der Waals surface area contributed by atoms with Gasteiger partial charge in [0.2, 0.25) is 0 Å². The van der Waals surface area contributed by atoms with Crippen molar-refractivity contribution in [1.29, 1.82) is 0 Å². The molecule has 368 valence electrons. The van der Waals surface area contributed by atoms with E-state index < -0.39 is 8.07 Å². The molecule has 0 bridgehead atoms. The monoisotopic (exact) mass is 993 g/mol. The van der Waals surface area contributed by atoms with Crippen molar-refractivity contribution < 1.29 is 0 Å². The van der Waals surface area contributed by atoms with E-state index in [1.807, 2.05) is 15.9 Å². The Labute approximate surface area is 428 Å². The van der Waals surface area contributed by atoms with Gasteiger partial charge in [0.15, 0.2) is 0 Å². The fourth-order valence-corrected chi connectivity index (χ4v) is 26.9. The van der Waals surface area contributed by atoms with Gasteiger partial charge in [0.05, 0.1) is 4.70 Å². The summed E-state index contributed by atoms with van der Waals surface area (Å²) in [5, 5.41) is 3.90. The van der Waals surface area contributed by atoms with Crippen molar-refractivity contribution in [2.75, 3.05) is 0 Å². The molecule has 1 aromatic carbocycles. The first-order chi connectivity index (χ1) is 32.9. The van der Waals surface area contributed by atoms with E-state index in [9.17, 15) is 0 Å². The van der Waals surface area contributed by atoms with Gasteiger partial charge in [0.1, 0.15) is 8.07 Å². The minimum Gasteiger partial charge on any atom is -0.140 e. The summed E-state index contributed by atoms with van der Waals surface area (Å²) in [6.45, 7) is 19.6. The molecule has 3 aliphatic rings. The molecule has 0 N–H and O–H groups in total. The van der Waals surface area contributed by atoms with Crippen molar-refractivity contribution in [3.63, 3.8) is 0 Å². The van der Waals surface area contributed by atoms with Crippen LogP contribution in [0.25, 0.3) is 40.0 Å². The SMILES string of the molecule is CCCCCCCCc1cc2c(s1)-c1sc3c(c1[Si]2(CCCCCCCC)CCCCCCCC)C(CC)(CC)c1cc2c(cc1-3)C(CC)(CC)c1c-2sc2cc(CCCCCCCC)sc12. The van der Waals surface area contributed by atoms with Crippen LogP contribution in [0.15, 0.2) is 24.3 Å². The van der Waals surface area contributed by atoms with Crippen LogP contribution in [0, 0.1) is 0 Å². The summed E-state index contributed by atoms with van der Waals surface area (Å²) >= 11 is 8.89. The van der Waals surface area contributed by atoms with Crippen molar-refractivity contribution in [3.8, 4) is 30.6 Å². The summed E-state index contributed by atoms with van der Waals surface area (Å²) in [6, 6.07) is 14.1. The van der Waals surface area contributed by atoms with Crippen LogP contribution in [0.3, 0.4) is 0 Å². The Morgan fingerprint density at radius 1 is 0.388 bits per heavy atom. The molecule has 0 spiro atoms. The predicted octanol–water partition coefficient (Wildman–Crippen LogP) is 21.3. The molecule has 5 heteroatoms. The lowest BCUT2D eigenvalue weighted by Gasteiger charge is -2.36. The minimum absolute atomic E-state index is 0.0997. The van der Waals surface area contributed by atoms with E-state index in [0.717, 1.165) is 0 Å². The molecule has 67 heavy (non-hydrogen) atoms. The zero-order valence-electron chi connectivity index (χ0n) is 44.1. The van der Waals surface area contributed by atoms with E-state index in [1.165, 1.54) is 205 Å². The number of thiophene rings is 4. The normalized spacial score (nSPS) is 15.6. The summed E-state index contributed by atoms with van der Waals surface area (Å²) in [6.07, 6.45) is 40.8. The van der Waals surface area contributed by atoms with Gasteiger partial charge >= 0.3 is 0 Å². The van der Waals surface area contributed by atoms with Crippen molar-refractivity contribution in [1.82, 2.24) is 0 Å². The third-order valence-corrected chi connectivity index (χ3v) is 28.6. The van der Waals surface area contributed by atoms with Crippen LogP contribution in [0.5, 0.6) is 0 Å². The Hall–Kier alpha value is -1.50. The van der Waals surface area contributed by atoms with E-state index in [0.29, 0.717) is 0 Å². The van der Waals surface area contributed by atoms with Gasteiger partial charge in [0.25, 0.3) is 0 Å². The molecule has 2 aliphatic carbocycles. The molecule has 0 saturated heterocycles. The predicted molar refractivity (Wildman–Crippen MR) is 310 cm³/mol. The topological polar surface area (TPSA) is 0 Å². The lowest BCUT2D eigenvalue weighted by atomic mass is 9.71. The average Bonchev–Trinajstić information content (AvgIpc) is 4.21. The largest absolute Gasteiger partial charge is 0.140 e. The molecule has 0 unspecified atom stereocenters. The van der Waals surface area contributed by atoms with Crippen LogP contribution in [-0.2, 0) is 23.7 Å². The second kappa shape index (κ2) is 23.8. The summed E-state index contributed by atoms with van der Waals surface area (Å²) in [4.78, 5) is 10.2. The molecule has 5 aromatic rings. The van der Waals surface area contributed by atoms with Crippen LogP contribution >= 0.6 is 45.3 Å². The molecule has 8 rings (SSSR count). The zero-order chi connectivity index (χ0) is 47.0. The third kappa shape index (κ3) is 9.78. The second-order valence-electron chi connectivity index (χ2n) is 21.9. The van der Waals surface area contributed by atoms with E-state index >= 15 is 0 Å². The highest BCUT2D eigenvalue weighted by molar-refractivity contribution is 7.31. The van der Waals surface area contributed by atoms with Crippen LogP contribution in [0.2, 0.25) is 12.1 Å². The molecule has 1 aliphatic heterocycles. The van der Waals surface area contributed by atoms with E-state index in [2.05, 4.69) is 125 Å². The highest BCUT2D eigenvalue weighted by atomic mass is 32.1. The summed E-state index contributed by atoms with van der Waals surface area (Å²) in [7, 11) is -2.05. The van der Waals surface area contributed by atoms with Gasteiger partial charge in [-0.15, -0.1) is 45.3 Å². The molecule has 0 radical (unpaired) electrons. The summed E-state index contributed by atoms with van der Waals surface area (Å²) < 4.78 is 3.21. The molecule has 5 heterocycles. The Morgan fingerprint density at radius 2 is 0.821 bits per heavy atom. The van der Waals surface area contributed by atoms with Crippen LogP contribution < -0.4 is 10.4 Å². The number of fused-ring (bicyclic) bond motifs is 12. The third-order valence-electron chi connectivity index (χ3n) is 17.8. The Bertz CT molecular complexity index is 2330. The first kappa shape index (κ1) is 51.8. The maximum Gasteiger partial charge on any atom is 0.122 e. The smallest absolute Gasteiger partial charge is 0.122 e. The van der Waals surface area contributed by atoms with Gasteiger partial charge in [-0.25, -0.2) is 0 Å². The van der Waals surface area contributed by atoms with E-state index in [-0.39, 0.29) is 10.8 Å². The van der Waals surface area contributed by atoms with Crippen molar-refractivity contribution in [2.24, 2.45) is 0 Å². The first-order valence-corrected chi connectivity index (χ1v) is 34.6. The Morgan fingerprint density at radius 3 is 1.31 bits per heavy atom. The molecular weight excluding hydrogens is 901 g/mol. The van der Waals surface area contributed by atoms with Gasteiger partial charge in [0, 0.05) is 44.8 Å². The molecule has 0 nitrogen and oxygen atoms in total. The lowest BCUT2D eigenvalue weighted by Crippen LogP contribution is -2.57. The highest BCUT2D eigenvalue weighted by Gasteiger charge is 2.56. The van der Waals surface area contributed by atoms with Gasteiger partial charge in [-0.05, 0) is 131 Å². The van der Waals surface area contributed by atoms with Crippen LogP contribution in [0.1, 0.15) is 267 Å². The standard InChI is InChI=1S/C62H92S4Si/c1-9-17-21-25-29-33-37-45-41-51-57(63-45)53-55(65-51)47-43-50-48(44-49(47)61(53,13-5)14-6)56-54(62(50,15-7)16-8)60-59(66-56)58-52(42-46(64-58)38-34-30-26-22-18-10-2)67(60,39-35-31-27-23-19-11-3)40-36-32-28-24-20-12-4/h41-44H,9-40H2,1-8H3. The Kier molecular flexibility index (Phi) is 18.4. The number of benzene rings is 1. The fraction of sp³-hybridized carbons (Fsp3) is 0.677. The maximum absolute atomic E-state index is 2.88. The fourth-order valence-electron chi connectivity index (χ4n) is 13.8. The number of unbranched alkanes of at least 4 members (excludes halogenated alkanes) is 20. The zero-order valence-corrected chi connectivity index (χ0v) is 48.3. The molecule has 0 saturated carbocycles. The number of hydrogen-bond donors (Lipinski definition) is 0. The second-order valence-corrected chi connectivity index (χ2v) is 30.4. The van der Waals surface area contributed by atoms with Gasteiger partial charge in [-0.3, -0.25) is 0 Å². The minimum atomic E-state index is -2.05. The van der Waals surface area contributed by atoms with Crippen LogP contribution in [-0.4, -0.2) is 8.07 Å². The number of rotatable bonds is 32. The van der Waals surface area contributed by atoms with Gasteiger partial charge in [-0.2, -0.15) is 0 Å². The molecule has 0 atom stereocenters. The molecular formula is C62H92S4Si. The van der Waals surface area contributed by atoms with E-state index in [4.69, 9.17) is 0 Å². The average molecular weight is 994 g/mol. The lowest BCUT2D eigenvalue weighted by molar-refractivity contribution is 0.488. The van der Waals surface area contributed by atoms with Crippen molar-refractivity contribution >= 4 is 73.2 Å². The number of hydrogen-bond acceptors (Lipinski definition) is 4. The van der Waals surface area contributed by atoms with Crippen LogP contribution in [0.4, 0.5) is 0 Å². The quantitative estimate of drug-likeness (QED) is 0.0298. The van der Waals surface area contributed by atoms with Gasteiger partial charge < -0.3 is 0 Å². The summed E-state index contributed by atoms with van der Waals surface area (Å²) in [5.41, 5.74) is 10.4. The van der Waals surface area contributed by atoms with Crippen molar-refractivity contribution in [2.45, 2.75) is 271 Å². The first-order valence-electron chi connectivity index (χ1n) is 28.9. The number of aryl methyl sites for hydroxylation is 2. The Balaban J connectivity index is 1.22. The van der Waals surface area contributed by atoms with Crippen molar-refractivity contribution in [3.05, 3.63) is 56.3 Å². The van der Waals surface area contributed by atoms with E-state index in [1.54, 1.807) is 66.5 Å². The molecule has 4 aromatic heterocycles.